The van der Waals surface area contributed by atoms with Crippen LogP contribution >= 0.6 is 15.9 Å². The molecule has 2 aromatic rings. The summed E-state index contributed by atoms with van der Waals surface area (Å²) < 4.78 is 0.909. The molecule has 2 aromatic heterocycles. The Hall–Kier alpha value is -1.47. The molecule has 0 aliphatic heterocycles. The predicted molar refractivity (Wildman–Crippen MR) is 77.0 cm³/mol. The number of likely N-dealkylation sites (N-methyl/N-ethyl adjacent to an activating group) is 1. The van der Waals surface area contributed by atoms with Crippen LogP contribution in [0, 0.1) is 0 Å². The van der Waals surface area contributed by atoms with E-state index < -0.39 is 0 Å². The zero-order valence-corrected chi connectivity index (χ0v) is 11.9. The van der Waals surface area contributed by atoms with Crippen LogP contribution in [0.1, 0.15) is 0 Å². The van der Waals surface area contributed by atoms with Gasteiger partial charge in [0.15, 0.2) is 5.65 Å². The van der Waals surface area contributed by atoms with Gasteiger partial charge in [-0.1, -0.05) is 0 Å². The van der Waals surface area contributed by atoms with Crippen LogP contribution < -0.4 is 16.0 Å². The molecule has 96 valence electrons. The number of nitrogens with zero attached hydrogens (tertiary/aromatic N) is 3. The van der Waals surface area contributed by atoms with Crippen molar-refractivity contribution in [2.75, 3.05) is 37.8 Å². The van der Waals surface area contributed by atoms with Gasteiger partial charge >= 0.3 is 0 Å². The van der Waals surface area contributed by atoms with E-state index in [4.69, 9.17) is 0 Å². The largest absolute Gasteiger partial charge is 0.368 e. The van der Waals surface area contributed by atoms with E-state index >= 15 is 0 Å². The molecule has 0 aliphatic carbocycles. The first-order chi connectivity index (χ1) is 8.74. The minimum Gasteiger partial charge on any atom is -0.368 e. The van der Waals surface area contributed by atoms with Crippen molar-refractivity contribution in [1.82, 2.24) is 20.3 Å². The lowest BCUT2D eigenvalue weighted by Crippen LogP contribution is -2.18. The molecule has 0 saturated carbocycles. The Balaban J connectivity index is 2.32. The second-order valence-electron chi connectivity index (χ2n) is 3.71. The van der Waals surface area contributed by atoms with Crippen LogP contribution in [0.2, 0.25) is 0 Å². The first-order valence-electron chi connectivity index (χ1n) is 5.64. The van der Waals surface area contributed by atoms with E-state index in [0.717, 1.165) is 28.8 Å². The van der Waals surface area contributed by atoms with E-state index in [-0.39, 0.29) is 0 Å². The first kappa shape index (κ1) is 13.0. The number of anilines is 2. The van der Waals surface area contributed by atoms with Crippen molar-refractivity contribution >= 4 is 38.7 Å². The van der Waals surface area contributed by atoms with Crippen LogP contribution in [0.15, 0.2) is 16.7 Å². The standard InChI is InChI=1S/C11H15BrN6/c1-13-3-4-15-10-8(12)5-7-6-16-11(14-2)18-9(7)17-10/h5-6,13H,3-4H2,1-2H3,(H2,14,15,16,17,18). The summed E-state index contributed by atoms with van der Waals surface area (Å²) in [5.41, 5.74) is 0.671. The van der Waals surface area contributed by atoms with Gasteiger partial charge in [-0.25, -0.2) is 9.97 Å². The lowest BCUT2D eigenvalue weighted by Gasteiger charge is -2.08. The average Bonchev–Trinajstić information content (AvgIpc) is 2.39. The quantitative estimate of drug-likeness (QED) is 0.726. The second-order valence-corrected chi connectivity index (χ2v) is 4.56. The summed E-state index contributed by atoms with van der Waals surface area (Å²) in [7, 11) is 3.70. The third-order valence-electron chi connectivity index (χ3n) is 2.41. The highest BCUT2D eigenvalue weighted by atomic mass is 79.9. The Labute approximate surface area is 114 Å². The zero-order valence-electron chi connectivity index (χ0n) is 10.3. The van der Waals surface area contributed by atoms with Gasteiger partial charge in [0.2, 0.25) is 5.95 Å². The predicted octanol–water partition coefficient (Wildman–Crippen LogP) is 1.46. The SMILES string of the molecule is CNCCNc1nc2nc(NC)ncc2cc1Br. The van der Waals surface area contributed by atoms with E-state index in [2.05, 4.69) is 46.8 Å². The van der Waals surface area contributed by atoms with Crippen LogP contribution in [-0.2, 0) is 0 Å². The number of hydrogen-bond donors (Lipinski definition) is 3. The second kappa shape index (κ2) is 5.92. The van der Waals surface area contributed by atoms with E-state index in [0.29, 0.717) is 11.6 Å². The Morgan fingerprint density at radius 2 is 2.06 bits per heavy atom. The smallest absolute Gasteiger partial charge is 0.224 e. The monoisotopic (exact) mass is 310 g/mol. The van der Waals surface area contributed by atoms with Gasteiger partial charge in [0.05, 0.1) is 4.47 Å². The van der Waals surface area contributed by atoms with Crippen molar-refractivity contribution in [3.05, 3.63) is 16.7 Å². The summed E-state index contributed by atoms with van der Waals surface area (Å²) >= 11 is 3.49. The third-order valence-corrected chi connectivity index (χ3v) is 3.02. The number of halogens is 1. The maximum atomic E-state index is 4.48. The third kappa shape index (κ3) is 2.85. The fourth-order valence-corrected chi connectivity index (χ4v) is 1.96. The van der Waals surface area contributed by atoms with E-state index in [1.165, 1.54) is 0 Å². The zero-order chi connectivity index (χ0) is 13.0. The number of rotatable bonds is 5. The summed E-state index contributed by atoms with van der Waals surface area (Å²) in [5, 5.41) is 10.1. The fraction of sp³-hybridized carbons (Fsp3) is 0.364. The molecule has 0 amide bonds. The highest BCUT2D eigenvalue weighted by Gasteiger charge is 2.06. The van der Waals surface area contributed by atoms with Gasteiger partial charge in [-0.15, -0.1) is 0 Å². The van der Waals surface area contributed by atoms with Gasteiger partial charge in [-0.05, 0) is 29.0 Å². The number of aromatic nitrogens is 3. The van der Waals surface area contributed by atoms with Gasteiger partial charge in [0, 0.05) is 31.7 Å². The molecule has 6 nitrogen and oxygen atoms in total. The van der Waals surface area contributed by atoms with Crippen LogP contribution in [0.5, 0.6) is 0 Å². The van der Waals surface area contributed by atoms with Crippen molar-refractivity contribution in [2.45, 2.75) is 0 Å². The minimum atomic E-state index is 0.568. The molecule has 0 unspecified atom stereocenters. The molecule has 0 radical (unpaired) electrons. The van der Waals surface area contributed by atoms with Crippen molar-refractivity contribution in [3.63, 3.8) is 0 Å². The Bertz CT molecular complexity index is 544. The van der Waals surface area contributed by atoms with E-state index in [1.807, 2.05) is 13.1 Å². The number of fused-ring (bicyclic) bond motifs is 1. The van der Waals surface area contributed by atoms with Crippen LogP contribution in [0.3, 0.4) is 0 Å². The van der Waals surface area contributed by atoms with Crippen molar-refractivity contribution in [2.24, 2.45) is 0 Å². The lowest BCUT2D eigenvalue weighted by atomic mass is 10.3. The van der Waals surface area contributed by atoms with Gasteiger partial charge in [-0.2, -0.15) is 4.98 Å². The summed E-state index contributed by atoms with van der Waals surface area (Å²) in [6.45, 7) is 1.68. The maximum Gasteiger partial charge on any atom is 0.224 e. The molecule has 2 rings (SSSR count). The summed E-state index contributed by atoms with van der Waals surface area (Å²) in [4.78, 5) is 13.0. The molecule has 7 heteroatoms. The average molecular weight is 311 g/mol. The molecule has 0 aliphatic rings. The summed E-state index contributed by atoms with van der Waals surface area (Å²) in [6.07, 6.45) is 1.75. The number of hydrogen-bond acceptors (Lipinski definition) is 6. The van der Waals surface area contributed by atoms with E-state index in [1.54, 1.807) is 13.2 Å². The summed E-state index contributed by atoms with van der Waals surface area (Å²) in [6, 6.07) is 1.96. The van der Waals surface area contributed by atoms with Gasteiger partial charge < -0.3 is 16.0 Å². The molecule has 18 heavy (non-hydrogen) atoms. The fourth-order valence-electron chi connectivity index (χ4n) is 1.49. The lowest BCUT2D eigenvalue weighted by molar-refractivity contribution is 0.821. The molecule has 3 N–H and O–H groups in total. The normalized spacial score (nSPS) is 10.6. The molecule has 0 bridgehead atoms. The van der Waals surface area contributed by atoms with Gasteiger partial charge in [0.25, 0.3) is 0 Å². The van der Waals surface area contributed by atoms with E-state index in [9.17, 15) is 0 Å². The highest BCUT2D eigenvalue weighted by Crippen LogP contribution is 2.24. The Morgan fingerprint density at radius 3 is 2.78 bits per heavy atom. The van der Waals surface area contributed by atoms with Crippen LogP contribution in [0.4, 0.5) is 11.8 Å². The highest BCUT2D eigenvalue weighted by molar-refractivity contribution is 9.10. The molecule has 2 heterocycles. The molecule has 0 saturated heterocycles. The van der Waals surface area contributed by atoms with Gasteiger partial charge in [0.1, 0.15) is 5.82 Å². The molecule has 0 fully saturated rings. The Kier molecular flexibility index (Phi) is 4.27. The minimum absolute atomic E-state index is 0.568. The molecular weight excluding hydrogens is 296 g/mol. The number of nitrogens with one attached hydrogen (secondary N) is 3. The maximum absolute atomic E-state index is 4.48. The van der Waals surface area contributed by atoms with Crippen molar-refractivity contribution < 1.29 is 0 Å². The van der Waals surface area contributed by atoms with Crippen LogP contribution in [0.25, 0.3) is 11.0 Å². The van der Waals surface area contributed by atoms with Gasteiger partial charge in [-0.3, -0.25) is 0 Å². The summed E-state index contributed by atoms with van der Waals surface area (Å²) in [5.74, 6) is 1.36. The molecule has 0 atom stereocenters. The van der Waals surface area contributed by atoms with Crippen molar-refractivity contribution in [3.8, 4) is 0 Å². The van der Waals surface area contributed by atoms with Crippen LogP contribution in [-0.4, -0.2) is 42.1 Å². The van der Waals surface area contributed by atoms with Crippen molar-refractivity contribution in [1.29, 1.82) is 0 Å². The Morgan fingerprint density at radius 1 is 1.22 bits per heavy atom. The topological polar surface area (TPSA) is 74.8 Å². The number of pyridine rings is 1. The molecule has 0 aromatic carbocycles. The molecule has 0 spiro atoms. The first-order valence-corrected chi connectivity index (χ1v) is 6.43. The molecular formula is C11H15BrN6.